The Kier molecular flexibility index (Phi) is 6.61. The molecule has 0 spiro atoms. The fraction of sp³-hybridized carbons (Fsp3) is 0.150. The highest BCUT2D eigenvalue weighted by Crippen LogP contribution is 2.13. The highest BCUT2D eigenvalue weighted by atomic mass is 32.2. The van der Waals surface area contributed by atoms with Gasteiger partial charge in [0.15, 0.2) is 5.17 Å². The summed E-state index contributed by atoms with van der Waals surface area (Å²) in [5.74, 6) is 1.25. The Balaban J connectivity index is 1.53. The van der Waals surface area contributed by atoms with Gasteiger partial charge in [-0.1, -0.05) is 78.5 Å². The molecule has 26 heavy (non-hydrogen) atoms. The smallest absolute Gasteiger partial charge is 0.223 e. The minimum absolute atomic E-state index is 0.0745. The molecule has 0 saturated carbocycles. The van der Waals surface area contributed by atoms with Crippen molar-refractivity contribution >= 4 is 22.9 Å². The molecule has 0 bridgehead atoms. The number of anilines is 1. The standard InChI is InChI=1S/C20H21N5S/c21-19(23-14-16-8-4-3-5-9-16)26-15-18-12-13-22-20(25-18)24-17-10-6-1-2-7-11-17/h1-13,17H,14-15H2,(H2,21,23)(H,22,24,25). The first kappa shape index (κ1) is 17.9. The lowest BCUT2D eigenvalue weighted by atomic mass is 10.2. The van der Waals surface area contributed by atoms with Crippen molar-refractivity contribution in [3.63, 3.8) is 0 Å². The Hall–Kier alpha value is -2.86. The van der Waals surface area contributed by atoms with Gasteiger partial charge in [0.1, 0.15) is 0 Å². The third-order valence-corrected chi connectivity index (χ3v) is 4.47. The molecule has 0 saturated heterocycles. The second kappa shape index (κ2) is 9.58. The maximum Gasteiger partial charge on any atom is 0.223 e. The van der Waals surface area contributed by atoms with E-state index in [1.807, 2.05) is 60.7 Å². The summed E-state index contributed by atoms with van der Waals surface area (Å²) in [6, 6.07) is 12.0. The third kappa shape index (κ3) is 5.89. The number of aliphatic imine (C=N–C) groups is 1. The van der Waals surface area contributed by atoms with Crippen LogP contribution in [0.5, 0.6) is 0 Å². The zero-order chi connectivity index (χ0) is 18.0. The summed E-state index contributed by atoms with van der Waals surface area (Å²) in [5, 5.41) is 3.85. The highest BCUT2D eigenvalue weighted by Gasteiger charge is 2.05. The topological polar surface area (TPSA) is 76.2 Å². The highest BCUT2D eigenvalue weighted by molar-refractivity contribution is 8.13. The molecule has 1 aliphatic rings. The number of hydrogen-bond donors (Lipinski definition) is 2. The summed E-state index contributed by atoms with van der Waals surface area (Å²) in [6.07, 6.45) is 13.8. The van der Waals surface area contributed by atoms with E-state index >= 15 is 0 Å². The summed E-state index contributed by atoms with van der Waals surface area (Å²) < 4.78 is 0. The zero-order valence-corrected chi connectivity index (χ0v) is 15.1. The number of amidine groups is 1. The Morgan fingerprint density at radius 2 is 1.85 bits per heavy atom. The van der Waals surface area contributed by atoms with Crippen molar-refractivity contribution in [3.05, 3.63) is 90.3 Å². The molecule has 0 fully saturated rings. The maximum atomic E-state index is 6.00. The monoisotopic (exact) mass is 363 g/mol. The average molecular weight is 363 g/mol. The van der Waals surface area contributed by atoms with E-state index < -0.39 is 0 Å². The van der Waals surface area contributed by atoms with Crippen LogP contribution in [0.3, 0.4) is 0 Å². The molecular weight excluding hydrogens is 342 g/mol. The Labute approximate surface area is 157 Å². The molecule has 1 aromatic carbocycles. The van der Waals surface area contributed by atoms with Crippen molar-refractivity contribution in [2.75, 3.05) is 5.32 Å². The van der Waals surface area contributed by atoms with Crippen molar-refractivity contribution in [1.82, 2.24) is 9.97 Å². The van der Waals surface area contributed by atoms with Gasteiger partial charge in [0.25, 0.3) is 0 Å². The van der Waals surface area contributed by atoms with Crippen LogP contribution in [-0.4, -0.2) is 21.2 Å². The number of aromatic nitrogens is 2. The van der Waals surface area contributed by atoms with Gasteiger partial charge >= 0.3 is 0 Å². The number of rotatable bonds is 6. The molecule has 1 heterocycles. The largest absolute Gasteiger partial charge is 0.379 e. The fourth-order valence-corrected chi connectivity index (χ4v) is 2.91. The van der Waals surface area contributed by atoms with Gasteiger partial charge in [-0.15, -0.1) is 0 Å². The second-order valence-electron chi connectivity index (χ2n) is 5.63. The molecule has 1 aliphatic carbocycles. The van der Waals surface area contributed by atoms with Gasteiger partial charge in [-0.2, -0.15) is 0 Å². The summed E-state index contributed by atoms with van der Waals surface area (Å²) in [7, 11) is 0. The van der Waals surface area contributed by atoms with Crippen molar-refractivity contribution in [3.8, 4) is 0 Å². The van der Waals surface area contributed by atoms with E-state index in [0.717, 1.165) is 11.3 Å². The van der Waals surface area contributed by atoms with Crippen molar-refractivity contribution in [2.24, 2.45) is 10.7 Å². The molecule has 6 heteroatoms. The van der Waals surface area contributed by atoms with Crippen LogP contribution in [-0.2, 0) is 12.3 Å². The van der Waals surface area contributed by atoms with E-state index in [1.54, 1.807) is 6.20 Å². The van der Waals surface area contributed by atoms with E-state index in [9.17, 15) is 0 Å². The summed E-state index contributed by atoms with van der Waals surface area (Å²) >= 11 is 1.48. The number of nitrogens with two attached hydrogens (primary N) is 1. The number of thioether (sulfide) groups is 1. The molecule has 3 rings (SSSR count). The number of benzene rings is 1. The zero-order valence-electron chi connectivity index (χ0n) is 14.3. The second-order valence-corrected chi connectivity index (χ2v) is 6.62. The Morgan fingerprint density at radius 1 is 1.08 bits per heavy atom. The Bertz CT molecular complexity index is 811. The molecule has 0 aliphatic heterocycles. The molecule has 3 N–H and O–H groups in total. The third-order valence-electron chi connectivity index (χ3n) is 3.61. The predicted octanol–water partition coefficient (Wildman–Crippen LogP) is 3.69. The van der Waals surface area contributed by atoms with Gasteiger partial charge in [0.2, 0.25) is 5.95 Å². The molecule has 0 atom stereocenters. The number of nitrogens with zero attached hydrogens (tertiary/aromatic N) is 3. The first-order valence-electron chi connectivity index (χ1n) is 8.36. The fourth-order valence-electron chi connectivity index (χ4n) is 2.30. The molecule has 132 valence electrons. The lowest BCUT2D eigenvalue weighted by molar-refractivity contribution is 1.01. The van der Waals surface area contributed by atoms with Gasteiger partial charge in [0.05, 0.1) is 18.3 Å². The molecule has 2 aromatic rings. The molecule has 5 nitrogen and oxygen atoms in total. The van der Waals surface area contributed by atoms with Crippen molar-refractivity contribution < 1.29 is 0 Å². The van der Waals surface area contributed by atoms with Gasteiger partial charge < -0.3 is 11.1 Å². The van der Waals surface area contributed by atoms with E-state index in [0.29, 0.717) is 23.4 Å². The summed E-state index contributed by atoms with van der Waals surface area (Å²) in [5.41, 5.74) is 8.05. The van der Waals surface area contributed by atoms with E-state index in [1.165, 1.54) is 11.8 Å². The van der Waals surface area contributed by atoms with Crippen LogP contribution in [0.1, 0.15) is 11.3 Å². The molecule has 0 amide bonds. The first-order chi connectivity index (χ1) is 12.8. The number of nitrogens with one attached hydrogen (secondary N) is 1. The van der Waals surface area contributed by atoms with Crippen LogP contribution >= 0.6 is 11.8 Å². The van der Waals surface area contributed by atoms with Gasteiger partial charge in [-0.25, -0.2) is 9.97 Å². The Morgan fingerprint density at radius 3 is 2.62 bits per heavy atom. The number of hydrogen-bond acceptors (Lipinski definition) is 5. The van der Waals surface area contributed by atoms with Gasteiger partial charge in [-0.05, 0) is 11.6 Å². The van der Waals surface area contributed by atoms with E-state index in [-0.39, 0.29) is 6.04 Å². The summed E-state index contributed by atoms with van der Waals surface area (Å²) in [4.78, 5) is 13.2. The molecule has 0 unspecified atom stereocenters. The van der Waals surface area contributed by atoms with Gasteiger partial charge in [-0.3, -0.25) is 4.99 Å². The average Bonchev–Trinajstić information content (AvgIpc) is 2.94. The van der Waals surface area contributed by atoms with Gasteiger partial charge in [0, 0.05) is 11.9 Å². The minimum atomic E-state index is 0.0745. The first-order valence-corrected chi connectivity index (χ1v) is 9.35. The number of allylic oxidation sites excluding steroid dienone is 4. The SMILES string of the molecule is NC(=NCc1ccccc1)SCc1ccnc(NC2C=CC=CC=C2)n1. The van der Waals surface area contributed by atoms with Crippen molar-refractivity contribution in [2.45, 2.75) is 18.3 Å². The van der Waals surface area contributed by atoms with Crippen molar-refractivity contribution in [1.29, 1.82) is 0 Å². The molecule has 1 aromatic heterocycles. The van der Waals surface area contributed by atoms with Crippen LogP contribution in [0.15, 0.2) is 84.0 Å². The minimum Gasteiger partial charge on any atom is -0.379 e. The quantitative estimate of drug-likeness (QED) is 0.605. The lowest BCUT2D eigenvalue weighted by Gasteiger charge is -2.11. The van der Waals surface area contributed by atoms with Crippen LogP contribution < -0.4 is 11.1 Å². The van der Waals surface area contributed by atoms with Crippen LogP contribution in [0.4, 0.5) is 5.95 Å². The normalized spacial score (nSPS) is 14.4. The molecular formula is C20H21N5S. The summed E-state index contributed by atoms with van der Waals surface area (Å²) in [6.45, 7) is 0.588. The maximum absolute atomic E-state index is 6.00. The predicted molar refractivity (Wildman–Crippen MR) is 110 cm³/mol. The van der Waals surface area contributed by atoms with Crippen LogP contribution in [0, 0.1) is 0 Å². The van der Waals surface area contributed by atoms with Crippen LogP contribution in [0.2, 0.25) is 0 Å². The lowest BCUT2D eigenvalue weighted by Crippen LogP contribution is -2.16. The molecule has 0 radical (unpaired) electrons. The van der Waals surface area contributed by atoms with Crippen LogP contribution in [0.25, 0.3) is 0 Å². The van der Waals surface area contributed by atoms with E-state index in [2.05, 4.69) is 32.4 Å². The van der Waals surface area contributed by atoms with E-state index in [4.69, 9.17) is 5.73 Å².